The molecule has 0 aromatic carbocycles. The highest BCUT2D eigenvalue weighted by Crippen LogP contribution is 2.64. The van der Waals surface area contributed by atoms with Crippen LogP contribution in [-0.2, 0) is 4.79 Å². The average molecular weight is 278 g/mol. The van der Waals surface area contributed by atoms with E-state index in [0.717, 1.165) is 11.1 Å². The van der Waals surface area contributed by atoms with Crippen molar-refractivity contribution in [2.24, 2.45) is 11.3 Å². The number of aromatic nitrogens is 2. The second-order valence-electron chi connectivity index (χ2n) is 5.54. The Kier molecular flexibility index (Phi) is 2.53. The maximum Gasteiger partial charge on any atom is 0.307 e. The van der Waals surface area contributed by atoms with Gasteiger partial charge in [-0.25, -0.2) is 0 Å². The fourth-order valence-corrected chi connectivity index (χ4v) is 3.45. The largest absolute Gasteiger partial charge is 0.481 e. The highest BCUT2D eigenvalue weighted by molar-refractivity contribution is 7.08. The SMILES string of the molecule is Cc1cscc1-c1noc(C2C(C(=O)O)C2(C)C)n1. The van der Waals surface area contributed by atoms with Crippen LogP contribution in [-0.4, -0.2) is 21.2 Å². The number of carboxylic acid groups (broad SMARTS) is 1. The van der Waals surface area contributed by atoms with Gasteiger partial charge in [0, 0.05) is 10.9 Å². The molecule has 3 rings (SSSR count). The molecule has 0 amide bonds. The molecule has 0 spiro atoms. The molecule has 1 saturated carbocycles. The Bertz CT molecular complexity index is 644. The van der Waals surface area contributed by atoms with Gasteiger partial charge in [-0.1, -0.05) is 19.0 Å². The van der Waals surface area contributed by atoms with Gasteiger partial charge in [0.15, 0.2) is 0 Å². The fraction of sp³-hybridized carbons (Fsp3) is 0.462. The molecule has 2 atom stereocenters. The van der Waals surface area contributed by atoms with Gasteiger partial charge in [-0.05, 0) is 23.3 Å². The Morgan fingerprint density at radius 3 is 2.74 bits per heavy atom. The van der Waals surface area contributed by atoms with E-state index in [-0.39, 0.29) is 11.3 Å². The number of nitrogens with zero attached hydrogens (tertiary/aromatic N) is 2. The van der Waals surface area contributed by atoms with E-state index in [1.807, 2.05) is 31.5 Å². The van der Waals surface area contributed by atoms with Crippen molar-refractivity contribution in [2.75, 3.05) is 0 Å². The zero-order valence-electron chi connectivity index (χ0n) is 10.9. The van der Waals surface area contributed by atoms with Crippen molar-refractivity contribution in [2.45, 2.75) is 26.7 Å². The Morgan fingerprint density at radius 2 is 2.21 bits per heavy atom. The van der Waals surface area contributed by atoms with Crippen molar-refractivity contribution in [1.82, 2.24) is 10.1 Å². The fourth-order valence-electron chi connectivity index (χ4n) is 2.62. The van der Waals surface area contributed by atoms with E-state index in [0.29, 0.717) is 11.7 Å². The molecular weight excluding hydrogens is 264 g/mol. The van der Waals surface area contributed by atoms with Crippen LogP contribution in [0, 0.1) is 18.3 Å². The number of rotatable bonds is 3. The molecular formula is C13H14N2O3S. The minimum Gasteiger partial charge on any atom is -0.481 e. The molecule has 6 heteroatoms. The molecule has 0 saturated heterocycles. The predicted octanol–water partition coefficient (Wildman–Crippen LogP) is 2.93. The molecule has 2 heterocycles. The van der Waals surface area contributed by atoms with E-state index in [9.17, 15) is 4.79 Å². The van der Waals surface area contributed by atoms with Crippen LogP contribution in [0.4, 0.5) is 0 Å². The summed E-state index contributed by atoms with van der Waals surface area (Å²) in [5.41, 5.74) is 1.73. The van der Waals surface area contributed by atoms with Crippen LogP contribution >= 0.6 is 11.3 Å². The molecule has 1 aliphatic carbocycles. The highest BCUT2D eigenvalue weighted by atomic mass is 32.1. The lowest BCUT2D eigenvalue weighted by molar-refractivity contribution is -0.139. The summed E-state index contributed by atoms with van der Waals surface area (Å²) in [5.74, 6) is -0.463. The van der Waals surface area contributed by atoms with E-state index in [1.54, 1.807) is 11.3 Å². The molecule has 1 aliphatic rings. The van der Waals surface area contributed by atoms with Gasteiger partial charge in [-0.15, -0.1) is 0 Å². The van der Waals surface area contributed by atoms with E-state index in [2.05, 4.69) is 10.1 Å². The summed E-state index contributed by atoms with van der Waals surface area (Å²) in [6.45, 7) is 5.81. The molecule has 2 unspecified atom stereocenters. The number of thiophene rings is 1. The summed E-state index contributed by atoms with van der Waals surface area (Å²) in [4.78, 5) is 15.5. The Balaban J connectivity index is 1.92. The van der Waals surface area contributed by atoms with Crippen molar-refractivity contribution in [3.8, 4) is 11.4 Å². The van der Waals surface area contributed by atoms with Crippen LogP contribution < -0.4 is 0 Å². The first-order valence-corrected chi connectivity index (χ1v) is 6.96. The molecule has 0 aliphatic heterocycles. The van der Waals surface area contributed by atoms with Gasteiger partial charge in [-0.2, -0.15) is 16.3 Å². The first kappa shape index (κ1) is 12.3. The predicted molar refractivity (Wildman–Crippen MR) is 70.0 cm³/mol. The van der Waals surface area contributed by atoms with Crippen molar-refractivity contribution in [3.05, 3.63) is 22.2 Å². The van der Waals surface area contributed by atoms with Crippen LogP contribution in [0.1, 0.15) is 31.2 Å². The van der Waals surface area contributed by atoms with E-state index < -0.39 is 11.9 Å². The summed E-state index contributed by atoms with van der Waals surface area (Å²) >= 11 is 1.58. The Morgan fingerprint density at radius 1 is 1.47 bits per heavy atom. The van der Waals surface area contributed by atoms with Gasteiger partial charge in [0.05, 0.1) is 11.8 Å². The van der Waals surface area contributed by atoms with Crippen molar-refractivity contribution < 1.29 is 14.4 Å². The number of carbonyl (C=O) groups is 1. The van der Waals surface area contributed by atoms with Crippen molar-refractivity contribution in [3.63, 3.8) is 0 Å². The van der Waals surface area contributed by atoms with Gasteiger partial charge >= 0.3 is 5.97 Å². The van der Waals surface area contributed by atoms with Gasteiger partial charge in [0.1, 0.15) is 0 Å². The number of carboxylic acids is 1. The van der Waals surface area contributed by atoms with Crippen molar-refractivity contribution >= 4 is 17.3 Å². The van der Waals surface area contributed by atoms with Crippen LogP contribution in [0.25, 0.3) is 11.4 Å². The molecule has 100 valence electrons. The number of hydrogen-bond donors (Lipinski definition) is 1. The number of aliphatic carboxylic acids is 1. The summed E-state index contributed by atoms with van der Waals surface area (Å²) in [6.07, 6.45) is 0. The Labute approximate surface area is 114 Å². The second kappa shape index (κ2) is 3.90. The molecule has 1 N–H and O–H groups in total. The lowest BCUT2D eigenvalue weighted by Crippen LogP contribution is -2.03. The van der Waals surface area contributed by atoms with Crippen LogP contribution in [0.15, 0.2) is 15.3 Å². The molecule has 19 heavy (non-hydrogen) atoms. The lowest BCUT2D eigenvalue weighted by Gasteiger charge is -1.96. The second-order valence-corrected chi connectivity index (χ2v) is 6.28. The molecule has 1 fully saturated rings. The zero-order valence-corrected chi connectivity index (χ0v) is 11.7. The van der Waals surface area contributed by atoms with Gasteiger partial charge in [-0.3, -0.25) is 4.79 Å². The van der Waals surface area contributed by atoms with Gasteiger partial charge in [0.2, 0.25) is 11.7 Å². The lowest BCUT2D eigenvalue weighted by atomic mass is 10.1. The zero-order chi connectivity index (χ0) is 13.8. The third kappa shape index (κ3) is 1.78. The highest BCUT2D eigenvalue weighted by Gasteiger charge is 2.65. The summed E-state index contributed by atoms with van der Waals surface area (Å²) in [6, 6.07) is 0. The van der Waals surface area contributed by atoms with Crippen LogP contribution in [0.2, 0.25) is 0 Å². The van der Waals surface area contributed by atoms with Gasteiger partial charge in [0.25, 0.3) is 0 Å². The molecule has 2 aromatic heterocycles. The summed E-state index contributed by atoms with van der Waals surface area (Å²) in [5, 5.41) is 17.1. The maximum absolute atomic E-state index is 11.2. The van der Waals surface area contributed by atoms with Gasteiger partial charge < -0.3 is 9.63 Å². The smallest absolute Gasteiger partial charge is 0.307 e. The first-order valence-electron chi connectivity index (χ1n) is 6.02. The van der Waals surface area contributed by atoms with E-state index in [1.165, 1.54) is 0 Å². The van der Waals surface area contributed by atoms with E-state index >= 15 is 0 Å². The summed E-state index contributed by atoms with van der Waals surface area (Å²) < 4.78 is 5.26. The van der Waals surface area contributed by atoms with Crippen molar-refractivity contribution in [1.29, 1.82) is 0 Å². The van der Waals surface area contributed by atoms with Crippen LogP contribution in [0.5, 0.6) is 0 Å². The Hall–Kier alpha value is -1.69. The number of hydrogen-bond acceptors (Lipinski definition) is 5. The molecule has 2 aromatic rings. The first-order chi connectivity index (χ1) is 8.93. The third-order valence-electron chi connectivity index (χ3n) is 3.90. The molecule has 5 nitrogen and oxygen atoms in total. The molecule has 0 radical (unpaired) electrons. The summed E-state index contributed by atoms with van der Waals surface area (Å²) in [7, 11) is 0. The quantitative estimate of drug-likeness (QED) is 0.934. The van der Waals surface area contributed by atoms with E-state index in [4.69, 9.17) is 9.63 Å². The average Bonchev–Trinajstić information content (AvgIpc) is 2.75. The minimum atomic E-state index is -0.804. The normalized spacial score (nSPS) is 24.4. The van der Waals surface area contributed by atoms with Crippen LogP contribution in [0.3, 0.4) is 0 Å². The number of aryl methyl sites for hydroxylation is 1. The standard InChI is InChI=1S/C13H14N2O3S/c1-6-4-19-5-7(6)10-14-11(18-15-10)8-9(12(16)17)13(8,2)3/h4-5,8-9H,1-3H3,(H,16,17). The molecule has 0 bridgehead atoms. The topological polar surface area (TPSA) is 76.2 Å². The minimum absolute atomic E-state index is 0.190. The monoisotopic (exact) mass is 278 g/mol. The third-order valence-corrected chi connectivity index (χ3v) is 4.76. The maximum atomic E-state index is 11.2.